The highest BCUT2D eigenvalue weighted by molar-refractivity contribution is 7.92. The second-order valence-corrected chi connectivity index (χ2v) is 7.78. The summed E-state index contributed by atoms with van der Waals surface area (Å²) in [6.07, 6.45) is 0.635. The summed E-state index contributed by atoms with van der Waals surface area (Å²) in [7, 11) is -2.11. The van der Waals surface area contributed by atoms with Crippen molar-refractivity contribution in [2.45, 2.75) is 25.2 Å². The quantitative estimate of drug-likeness (QED) is 0.884. The molecule has 132 valence electrons. The molecule has 0 aliphatic carbocycles. The van der Waals surface area contributed by atoms with Gasteiger partial charge in [0, 0.05) is 19.3 Å². The number of anilines is 2. The molecule has 1 aliphatic heterocycles. The van der Waals surface area contributed by atoms with Crippen LogP contribution in [0.4, 0.5) is 16.2 Å². The van der Waals surface area contributed by atoms with Gasteiger partial charge in [-0.25, -0.2) is 13.2 Å². The number of nitrogens with zero attached hydrogens (tertiary/aromatic N) is 1. The van der Waals surface area contributed by atoms with Crippen LogP contribution in [0.5, 0.6) is 0 Å². The van der Waals surface area contributed by atoms with Crippen molar-refractivity contribution in [1.29, 1.82) is 0 Å². The summed E-state index contributed by atoms with van der Waals surface area (Å²) in [6, 6.07) is 10.2. The van der Waals surface area contributed by atoms with Gasteiger partial charge in [-0.3, -0.25) is 9.62 Å². The number of hydrogen-bond donors (Lipinski definition) is 2. The number of amides is 2. The molecular formula is C18H21N3O3S. The molecule has 2 aromatic rings. The zero-order valence-corrected chi connectivity index (χ0v) is 15.3. The number of hydrogen-bond acceptors (Lipinski definition) is 3. The van der Waals surface area contributed by atoms with E-state index in [0.717, 1.165) is 22.4 Å². The second-order valence-electron chi connectivity index (χ2n) is 6.10. The Hall–Kier alpha value is -2.54. The van der Waals surface area contributed by atoms with Crippen LogP contribution in [0.25, 0.3) is 0 Å². The summed E-state index contributed by atoms with van der Waals surface area (Å²) in [6.45, 7) is 4.37. The maximum absolute atomic E-state index is 12.7. The smallest absolute Gasteiger partial charge is 0.321 e. The van der Waals surface area contributed by atoms with Crippen molar-refractivity contribution >= 4 is 27.4 Å². The summed E-state index contributed by atoms with van der Waals surface area (Å²) in [5.41, 5.74) is 4.11. The van der Waals surface area contributed by atoms with E-state index in [1.807, 2.05) is 26.0 Å². The molecule has 0 atom stereocenters. The van der Waals surface area contributed by atoms with Gasteiger partial charge in [-0.15, -0.1) is 0 Å². The van der Waals surface area contributed by atoms with Gasteiger partial charge < -0.3 is 5.32 Å². The fourth-order valence-corrected chi connectivity index (χ4v) is 4.13. The molecule has 2 aromatic carbocycles. The van der Waals surface area contributed by atoms with E-state index in [1.54, 1.807) is 30.1 Å². The highest BCUT2D eigenvalue weighted by Crippen LogP contribution is 2.31. The van der Waals surface area contributed by atoms with E-state index < -0.39 is 10.0 Å². The highest BCUT2D eigenvalue weighted by atomic mass is 32.2. The third-order valence-electron chi connectivity index (χ3n) is 4.56. The predicted octanol–water partition coefficient (Wildman–Crippen LogP) is 2.81. The average Bonchev–Trinajstić information content (AvgIpc) is 3.01. The maximum Gasteiger partial charge on any atom is 0.321 e. The van der Waals surface area contributed by atoms with Crippen molar-refractivity contribution < 1.29 is 13.2 Å². The van der Waals surface area contributed by atoms with Gasteiger partial charge in [0.1, 0.15) is 0 Å². The van der Waals surface area contributed by atoms with Crippen molar-refractivity contribution in [2.75, 3.05) is 23.2 Å². The number of benzene rings is 2. The van der Waals surface area contributed by atoms with E-state index in [1.165, 1.54) is 6.07 Å². The Morgan fingerprint density at radius 1 is 1.16 bits per heavy atom. The van der Waals surface area contributed by atoms with Gasteiger partial charge in [-0.1, -0.05) is 12.1 Å². The van der Waals surface area contributed by atoms with Gasteiger partial charge in [0.15, 0.2) is 0 Å². The van der Waals surface area contributed by atoms with Crippen molar-refractivity contribution in [2.24, 2.45) is 0 Å². The van der Waals surface area contributed by atoms with Crippen LogP contribution >= 0.6 is 0 Å². The van der Waals surface area contributed by atoms with Crippen LogP contribution in [0, 0.1) is 13.8 Å². The zero-order chi connectivity index (χ0) is 18.2. The molecule has 0 spiro atoms. The SMILES string of the molecule is CNC(=O)N1CCc2cc(S(=O)(=O)Nc3cccc(C)c3C)ccc21. The van der Waals surface area contributed by atoms with E-state index in [2.05, 4.69) is 10.0 Å². The minimum atomic E-state index is -3.69. The largest absolute Gasteiger partial charge is 0.341 e. The lowest BCUT2D eigenvalue weighted by molar-refractivity contribution is 0.248. The van der Waals surface area contributed by atoms with Crippen molar-refractivity contribution in [3.63, 3.8) is 0 Å². The fourth-order valence-electron chi connectivity index (χ4n) is 2.96. The first-order valence-corrected chi connectivity index (χ1v) is 9.53. The van der Waals surface area contributed by atoms with Gasteiger partial charge in [0.25, 0.3) is 10.0 Å². The first-order valence-electron chi connectivity index (χ1n) is 8.04. The van der Waals surface area contributed by atoms with Crippen LogP contribution in [0.1, 0.15) is 16.7 Å². The Morgan fingerprint density at radius 2 is 1.92 bits per heavy atom. The van der Waals surface area contributed by atoms with Gasteiger partial charge in [0.05, 0.1) is 10.6 Å². The first-order chi connectivity index (χ1) is 11.8. The normalized spacial score (nSPS) is 13.5. The molecular weight excluding hydrogens is 338 g/mol. The number of carbonyl (C=O) groups is 1. The summed E-state index contributed by atoms with van der Waals surface area (Å²) in [5, 5.41) is 2.59. The van der Waals surface area contributed by atoms with E-state index >= 15 is 0 Å². The molecule has 0 saturated heterocycles. The lowest BCUT2D eigenvalue weighted by Gasteiger charge is -2.17. The van der Waals surface area contributed by atoms with Gasteiger partial charge >= 0.3 is 6.03 Å². The summed E-state index contributed by atoms with van der Waals surface area (Å²) < 4.78 is 28.1. The molecule has 0 aromatic heterocycles. The number of nitrogens with one attached hydrogen (secondary N) is 2. The number of carbonyl (C=O) groups excluding carboxylic acids is 1. The van der Waals surface area contributed by atoms with Gasteiger partial charge in [-0.2, -0.15) is 0 Å². The number of sulfonamides is 1. The Kier molecular flexibility index (Phi) is 4.43. The van der Waals surface area contributed by atoms with Crippen LogP contribution in [0.15, 0.2) is 41.3 Å². The van der Waals surface area contributed by atoms with E-state index in [9.17, 15) is 13.2 Å². The molecule has 25 heavy (non-hydrogen) atoms. The lowest BCUT2D eigenvalue weighted by atomic mass is 10.1. The Labute approximate surface area is 147 Å². The van der Waals surface area contributed by atoms with Crippen LogP contribution in [0.3, 0.4) is 0 Å². The number of rotatable bonds is 3. The average molecular weight is 359 g/mol. The first kappa shape index (κ1) is 17.3. The van der Waals surface area contributed by atoms with Crippen molar-refractivity contribution in [3.05, 3.63) is 53.1 Å². The third kappa shape index (κ3) is 3.19. The molecule has 0 bridgehead atoms. The molecule has 0 saturated carbocycles. The Balaban J connectivity index is 1.92. The summed E-state index contributed by atoms with van der Waals surface area (Å²) in [5.74, 6) is 0. The maximum atomic E-state index is 12.7. The van der Waals surface area contributed by atoms with Crippen LogP contribution in [-0.4, -0.2) is 28.0 Å². The number of aryl methyl sites for hydroxylation is 1. The van der Waals surface area contributed by atoms with Crippen LogP contribution in [0.2, 0.25) is 0 Å². The molecule has 7 heteroatoms. The molecule has 1 aliphatic rings. The molecule has 0 fully saturated rings. The second kappa shape index (κ2) is 6.40. The van der Waals surface area contributed by atoms with E-state index in [4.69, 9.17) is 0 Å². The van der Waals surface area contributed by atoms with Gasteiger partial charge in [-0.05, 0) is 61.2 Å². The van der Waals surface area contributed by atoms with Crippen molar-refractivity contribution in [1.82, 2.24) is 5.32 Å². The number of urea groups is 1. The fraction of sp³-hybridized carbons (Fsp3) is 0.278. The minimum Gasteiger partial charge on any atom is -0.341 e. The van der Waals surface area contributed by atoms with Crippen molar-refractivity contribution in [3.8, 4) is 0 Å². The van der Waals surface area contributed by atoms with E-state index in [-0.39, 0.29) is 10.9 Å². The highest BCUT2D eigenvalue weighted by Gasteiger charge is 2.26. The predicted molar refractivity (Wildman–Crippen MR) is 98.7 cm³/mol. The minimum absolute atomic E-state index is 0.192. The summed E-state index contributed by atoms with van der Waals surface area (Å²) in [4.78, 5) is 13.7. The Bertz CT molecular complexity index is 939. The Morgan fingerprint density at radius 3 is 2.64 bits per heavy atom. The zero-order valence-electron chi connectivity index (χ0n) is 14.5. The third-order valence-corrected chi connectivity index (χ3v) is 5.93. The molecule has 6 nitrogen and oxygen atoms in total. The molecule has 2 N–H and O–H groups in total. The standard InChI is InChI=1S/C18H21N3O3S/c1-12-5-4-6-16(13(12)2)20-25(23,24)15-7-8-17-14(11-15)9-10-21(17)18(22)19-3/h4-8,11,20H,9-10H2,1-3H3,(H,19,22). The topological polar surface area (TPSA) is 78.5 Å². The van der Waals surface area contributed by atoms with Crippen LogP contribution in [-0.2, 0) is 16.4 Å². The molecule has 3 rings (SSSR count). The molecule has 2 amide bonds. The monoisotopic (exact) mass is 359 g/mol. The number of fused-ring (bicyclic) bond motifs is 1. The van der Waals surface area contributed by atoms with Crippen LogP contribution < -0.4 is 14.9 Å². The summed E-state index contributed by atoms with van der Waals surface area (Å²) >= 11 is 0. The lowest BCUT2D eigenvalue weighted by Crippen LogP contribution is -2.36. The molecule has 0 unspecified atom stereocenters. The van der Waals surface area contributed by atoms with Gasteiger partial charge in [0.2, 0.25) is 0 Å². The molecule has 1 heterocycles. The van der Waals surface area contributed by atoms with E-state index in [0.29, 0.717) is 18.7 Å². The molecule has 0 radical (unpaired) electrons.